The van der Waals surface area contributed by atoms with Gasteiger partial charge in [0.1, 0.15) is 11.4 Å². The molecule has 17 heavy (non-hydrogen) atoms. The number of carbonyl (C=O) groups excluding carboxylic acids is 1. The van der Waals surface area contributed by atoms with Crippen LogP contribution in [0.5, 0.6) is 0 Å². The molecule has 94 valence electrons. The van der Waals surface area contributed by atoms with Gasteiger partial charge < -0.3 is 9.84 Å². The number of halogens is 2. The molecule has 1 aromatic rings. The summed E-state index contributed by atoms with van der Waals surface area (Å²) < 4.78 is 18.9. The molecule has 0 fully saturated rings. The van der Waals surface area contributed by atoms with Gasteiger partial charge in [-0.25, -0.2) is 4.39 Å². The van der Waals surface area contributed by atoms with Crippen molar-refractivity contribution in [3.63, 3.8) is 0 Å². The highest BCUT2D eigenvalue weighted by molar-refractivity contribution is 9.10. The molecule has 0 aliphatic heterocycles. The fourth-order valence-electron chi connectivity index (χ4n) is 1.51. The summed E-state index contributed by atoms with van der Waals surface area (Å²) in [6.07, 6.45) is -0.278. The average molecular weight is 305 g/mol. The Morgan fingerprint density at radius 2 is 2.24 bits per heavy atom. The Morgan fingerprint density at radius 3 is 2.76 bits per heavy atom. The fourth-order valence-corrected chi connectivity index (χ4v) is 1.85. The number of rotatable bonds is 4. The van der Waals surface area contributed by atoms with Crippen LogP contribution >= 0.6 is 15.9 Å². The number of benzene rings is 1. The van der Waals surface area contributed by atoms with Crippen molar-refractivity contribution in [1.82, 2.24) is 0 Å². The number of hydrogen-bond acceptors (Lipinski definition) is 3. The molecule has 0 spiro atoms. The second-order valence-electron chi connectivity index (χ2n) is 3.88. The van der Waals surface area contributed by atoms with Crippen molar-refractivity contribution in [1.29, 1.82) is 0 Å². The van der Waals surface area contributed by atoms with Crippen LogP contribution in [-0.2, 0) is 15.1 Å². The highest BCUT2D eigenvalue weighted by Crippen LogP contribution is 2.29. The Balaban J connectivity index is 2.92. The Morgan fingerprint density at radius 1 is 1.59 bits per heavy atom. The minimum Gasteiger partial charge on any atom is -0.466 e. The molecule has 3 nitrogen and oxygen atoms in total. The molecule has 0 aliphatic rings. The quantitative estimate of drug-likeness (QED) is 0.870. The smallest absolute Gasteiger partial charge is 0.309 e. The van der Waals surface area contributed by atoms with Crippen LogP contribution in [0.4, 0.5) is 4.39 Å². The Kier molecular flexibility index (Phi) is 4.65. The normalized spacial score (nSPS) is 14.2. The van der Waals surface area contributed by atoms with Gasteiger partial charge in [-0.2, -0.15) is 0 Å². The summed E-state index contributed by atoms with van der Waals surface area (Å²) in [6.45, 7) is 3.29. The molecule has 1 rings (SSSR count). The van der Waals surface area contributed by atoms with Crippen molar-refractivity contribution in [2.24, 2.45) is 0 Å². The molecule has 0 bridgehead atoms. The summed E-state index contributed by atoms with van der Waals surface area (Å²) >= 11 is 3.13. The van der Waals surface area contributed by atoms with E-state index in [1.165, 1.54) is 19.1 Å². The topological polar surface area (TPSA) is 46.5 Å². The van der Waals surface area contributed by atoms with Crippen LogP contribution in [0, 0.1) is 5.82 Å². The zero-order valence-corrected chi connectivity index (χ0v) is 11.3. The average Bonchev–Trinajstić information content (AvgIpc) is 2.15. The monoisotopic (exact) mass is 304 g/mol. The van der Waals surface area contributed by atoms with E-state index in [1.807, 2.05) is 0 Å². The van der Waals surface area contributed by atoms with Gasteiger partial charge in [-0.15, -0.1) is 0 Å². The maximum Gasteiger partial charge on any atom is 0.309 e. The number of aliphatic hydroxyl groups is 1. The van der Waals surface area contributed by atoms with E-state index < -0.39 is 17.4 Å². The van der Waals surface area contributed by atoms with E-state index in [4.69, 9.17) is 4.74 Å². The third kappa shape index (κ3) is 3.78. The SMILES string of the molecule is CCOC(=O)CC(C)(O)c1ccc(Br)cc1F. The van der Waals surface area contributed by atoms with Gasteiger partial charge in [-0.05, 0) is 26.0 Å². The van der Waals surface area contributed by atoms with Gasteiger partial charge in [-0.3, -0.25) is 4.79 Å². The summed E-state index contributed by atoms with van der Waals surface area (Å²) in [5.41, 5.74) is -1.49. The van der Waals surface area contributed by atoms with Crippen LogP contribution in [-0.4, -0.2) is 17.7 Å². The van der Waals surface area contributed by atoms with Crippen molar-refractivity contribution in [3.05, 3.63) is 34.1 Å². The standard InChI is InChI=1S/C12H14BrFO3/c1-3-17-11(15)7-12(2,16)9-5-4-8(13)6-10(9)14/h4-6,16H,3,7H2,1-2H3. The van der Waals surface area contributed by atoms with Gasteiger partial charge in [0.2, 0.25) is 0 Å². The molecule has 1 N–H and O–H groups in total. The minimum atomic E-state index is -1.57. The minimum absolute atomic E-state index is 0.0775. The first-order chi connectivity index (χ1) is 7.86. The molecular formula is C12H14BrFO3. The molecule has 0 aliphatic carbocycles. The first kappa shape index (κ1) is 14.1. The third-order valence-corrected chi connectivity index (χ3v) is 2.80. The molecule has 5 heteroatoms. The van der Waals surface area contributed by atoms with Crippen molar-refractivity contribution >= 4 is 21.9 Å². The molecule has 0 aromatic heterocycles. The summed E-state index contributed by atoms with van der Waals surface area (Å²) in [7, 11) is 0. The molecule has 0 saturated carbocycles. The zero-order chi connectivity index (χ0) is 13.1. The van der Waals surface area contributed by atoms with E-state index in [2.05, 4.69) is 15.9 Å². The van der Waals surface area contributed by atoms with Crippen molar-refractivity contribution < 1.29 is 19.0 Å². The molecule has 0 amide bonds. The lowest BCUT2D eigenvalue weighted by Gasteiger charge is -2.23. The van der Waals surface area contributed by atoms with Crippen LogP contribution in [0.3, 0.4) is 0 Å². The lowest BCUT2D eigenvalue weighted by atomic mass is 9.92. The fraction of sp³-hybridized carbons (Fsp3) is 0.417. The van der Waals surface area contributed by atoms with Gasteiger partial charge in [0.25, 0.3) is 0 Å². The summed E-state index contributed by atoms with van der Waals surface area (Å²) in [4.78, 5) is 11.3. The number of carbonyl (C=O) groups is 1. The molecular weight excluding hydrogens is 291 g/mol. The molecule has 0 radical (unpaired) electrons. The van der Waals surface area contributed by atoms with E-state index in [0.29, 0.717) is 4.47 Å². The van der Waals surface area contributed by atoms with Gasteiger partial charge in [0.05, 0.1) is 13.0 Å². The lowest BCUT2D eigenvalue weighted by Crippen LogP contribution is -2.27. The van der Waals surface area contributed by atoms with E-state index in [-0.39, 0.29) is 18.6 Å². The Bertz CT molecular complexity index is 418. The maximum absolute atomic E-state index is 13.6. The summed E-state index contributed by atoms with van der Waals surface area (Å²) in [5, 5.41) is 10.1. The zero-order valence-electron chi connectivity index (χ0n) is 9.67. The van der Waals surface area contributed by atoms with Crippen LogP contribution in [0.15, 0.2) is 22.7 Å². The van der Waals surface area contributed by atoms with Crippen molar-refractivity contribution in [2.45, 2.75) is 25.9 Å². The van der Waals surface area contributed by atoms with Crippen molar-refractivity contribution in [3.8, 4) is 0 Å². The highest BCUT2D eigenvalue weighted by Gasteiger charge is 2.30. The summed E-state index contributed by atoms with van der Waals surface area (Å²) in [6, 6.07) is 4.30. The first-order valence-corrected chi connectivity index (χ1v) is 5.99. The van der Waals surface area contributed by atoms with Crippen LogP contribution < -0.4 is 0 Å². The Hall–Kier alpha value is -0.940. The summed E-state index contributed by atoms with van der Waals surface area (Å²) in [5.74, 6) is -1.12. The predicted molar refractivity (Wildman–Crippen MR) is 64.9 cm³/mol. The molecule has 0 heterocycles. The number of hydrogen-bond donors (Lipinski definition) is 1. The second kappa shape index (κ2) is 5.60. The highest BCUT2D eigenvalue weighted by atomic mass is 79.9. The van der Waals surface area contributed by atoms with E-state index >= 15 is 0 Å². The largest absolute Gasteiger partial charge is 0.466 e. The third-order valence-electron chi connectivity index (χ3n) is 2.31. The van der Waals surface area contributed by atoms with E-state index in [1.54, 1.807) is 13.0 Å². The van der Waals surface area contributed by atoms with Crippen LogP contribution in [0.1, 0.15) is 25.8 Å². The first-order valence-electron chi connectivity index (χ1n) is 5.20. The van der Waals surface area contributed by atoms with Gasteiger partial charge >= 0.3 is 5.97 Å². The van der Waals surface area contributed by atoms with Crippen molar-refractivity contribution in [2.75, 3.05) is 6.61 Å². The number of ether oxygens (including phenoxy) is 1. The predicted octanol–water partition coefficient (Wildman–Crippen LogP) is 2.75. The molecule has 1 atom stereocenters. The number of esters is 1. The molecule has 1 aromatic carbocycles. The van der Waals surface area contributed by atoms with Crippen LogP contribution in [0.2, 0.25) is 0 Å². The second-order valence-corrected chi connectivity index (χ2v) is 4.80. The van der Waals surface area contributed by atoms with Crippen LogP contribution in [0.25, 0.3) is 0 Å². The Labute approximate surface area is 108 Å². The lowest BCUT2D eigenvalue weighted by molar-refractivity contribution is -0.148. The van der Waals surface area contributed by atoms with E-state index in [9.17, 15) is 14.3 Å². The van der Waals surface area contributed by atoms with Gasteiger partial charge in [-0.1, -0.05) is 22.0 Å². The molecule has 1 unspecified atom stereocenters. The maximum atomic E-state index is 13.6. The van der Waals surface area contributed by atoms with Gasteiger partial charge in [0.15, 0.2) is 0 Å². The molecule has 0 saturated heterocycles. The van der Waals surface area contributed by atoms with E-state index in [0.717, 1.165) is 0 Å². The van der Waals surface area contributed by atoms with Gasteiger partial charge in [0, 0.05) is 10.0 Å².